The van der Waals surface area contributed by atoms with Crippen molar-refractivity contribution in [3.05, 3.63) is 29.6 Å². The molecule has 1 aromatic rings. The van der Waals surface area contributed by atoms with Gasteiger partial charge in [-0.1, -0.05) is 32.1 Å². The Kier molecular flexibility index (Phi) is 6.28. The van der Waals surface area contributed by atoms with E-state index in [0.717, 1.165) is 12.3 Å². The number of hydrogen-bond donors (Lipinski definition) is 0. The van der Waals surface area contributed by atoms with Gasteiger partial charge in [-0.15, -0.1) is 0 Å². The molecule has 3 rings (SSSR count). The zero-order chi connectivity index (χ0) is 18.5. The number of Topliss-reactive ketones (excluding diaryl/α,β-unsaturated/α-hetero) is 1. The third-order valence-electron chi connectivity index (χ3n) is 5.82. The second-order valence-electron chi connectivity index (χ2n) is 7.63. The van der Waals surface area contributed by atoms with Crippen LogP contribution in [0.1, 0.15) is 62.2 Å². The lowest BCUT2D eigenvalue weighted by molar-refractivity contribution is -0.131. The topological polar surface area (TPSA) is 40.6 Å². The summed E-state index contributed by atoms with van der Waals surface area (Å²) in [5, 5.41) is 0. The van der Waals surface area contributed by atoms with E-state index in [1.165, 1.54) is 45.1 Å². The summed E-state index contributed by atoms with van der Waals surface area (Å²) in [7, 11) is 0. The van der Waals surface area contributed by atoms with Crippen LogP contribution in [0, 0.1) is 11.7 Å². The van der Waals surface area contributed by atoms with Crippen molar-refractivity contribution < 1.29 is 14.0 Å². The summed E-state index contributed by atoms with van der Waals surface area (Å²) < 4.78 is 14.3. The highest BCUT2D eigenvalue weighted by Crippen LogP contribution is 2.28. The molecule has 4 nitrogen and oxygen atoms in total. The summed E-state index contributed by atoms with van der Waals surface area (Å²) >= 11 is 0. The molecule has 1 saturated heterocycles. The molecule has 1 aliphatic heterocycles. The lowest BCUT2D eigenvalue weighted by Crippen LogP contribution is -2.49. The van der Waals surface area contributed by atoms with Gasteiger partial charge in [0.25, 0.3) is 0 Å². The first-order chi connectivity index (χ1) is 12.5. The molecule has 0 N–H and O–H groups in total. The molecule has 1 amide bonds. The second kappa shape index (κ2) is 8.65. The molecular weight excluding hydrogens is 331 g/mol. The van der Waals surface area contributed by atoms with Gasteiger partial charge in [0, 0.05) is 38.2 Å². The van der Waals surface area contributed by atoms with Crippen LogP contribution in [-0.2, 0) is 4.79 Å². The van der Waals surface area contributed by atoms with Gasteiger partial charge in [-0.05, 0) is 37.5 Å². The molecule has 0 bridgehead atoms. The predicted molar refractivity (Wildman–Crippen MR) is 101 cm³/mol. The Morgan fingerprint density at radius 2 is 1.77 bits per heavy atom. The van der Waals surface area contributed by atoms with E-state index in [2.05, 4.69) is 0 Å². The Balaban J connectivity index is 1.49. The molecule has 1 aromatic carbocycles. The minimum Gasteiger partial charge on any atom is -0.366 e. The molecule has 0 atom stereocenters. The average Bonchev–Trinajstić information content (AvgIpc) is 2.67. The number of carbonyl (C=O) groups excluding carboxylic acids is 2. The molecule has 1 heterocycles. The summed E-state index contributed by atoms with van der Waals surface area (Å²) in [4.78, 5) is 27.7. The number of hydrogen-bond acceptors (Lipinski definition) is 3. The van der Waals surface area contributed by atoms with Crippen molar-refractivity contribution in [2.75, 3.05) is 31.1 Å². The van der Waals surface area contributed by atoms with Crippen LogP contribution < -0.4 is 4.90 Å². The van der Waals surface area contributed by atoms with Crippen LogP contribution in [-0.4, -0.2) is 42.8 Å². The summed E-state index contributed by atoms with van der Waals surface area (Å²) in [5.74, 6) is 0.462. The molecule has 142 valence electrons. The SMILES string of the molecule is CC(=O)c1ccc(N2CCN(C(=O)CCC3CCCCC3)CC2)c(F)c1. The number of halogens is 1. The van der Waals surface area contributed by atoms with Crippen molar-refractivity contribution >= 4 is 17.4 Å². The summed E-state index contributed by atoms with van der Waals surface area (Å²) in [6.07, 6.45) is 8.17. The van der Waals surface area contributed by atoms with Gasteiger partial charge in [0.1, 0.15) is 5.82 Å². The van der Waals surface area contributed by atoms with Crippen LogP contribution in [0.15, 0.2) is 18.2 Å². The fourth-order valence-corrected chi connectivity index (χ4v) is 4.14. The van der Waals surface area contributed by atoms with Crippen LogP contribution in [0.2, 0.25) is 0 Å². The van der Waals surface area contributed by atoms with Crippen molar-refractivity contribution in [3.63, 3.8) is 0 Å². The number of amides is 1. The number of nitrogens with zero attached hydrogens (tertiary/aromatic N) is 2. The Morgan fingerprint density at radius 3 is 2.38 bits per heavy atom. The first-order valence-electron chi connectivity index (χ1n) is 9.88. The number of carbonyl (C=O) groups is 2. The van der Waals surface area contributed by atoms with E-state index in [0.29, 0.717) is 43.9 Å². The molecule has 5 heteroatoms. The second-order valence-corrected chi connectivity index (χ2v) is 7.63. The molecule has 0 aromatic heterocycles. The Morgan fingerprint density at radius 1 is 1.08 bits per heavy atom. The van der Waals surface area contributed by atoms with Gasteiger partial charge in [0.2, 0.25) is 5.91 Å². The van der Waals surface area contributed by atoms with Gasteiger partial charge in [0.15, 0.2) is 5.78 Å². The average molecular weight is 360 g/mol. The van der Waals surface area contributed by atoms with Crippen LogP contribution in [0.4, 0.5) is 10.1 Å². The van der Waals surface area contributed by atoms with Crippen molar-refractivity contribution in [1.29, 1.82) is 0 Å². The van der Waals surface area contributed by atoms with Gasteiger partial charge in [-0.2, -0.15) is 0 Å². The maximum Gasteiger partial charge on any atom is 0.222 e. The van der Waals surface area contributed by atoms with Gasteiger partial charge in [0.05, 0.1) is 5.69 Å². The van der Waals surface area contributed by atoms with Crippen LogP contribution in [0.5, 0.6) is 0 Å². The first-order valence-corrected chi connectivity index (χ1v) is 9.88. The zero-order valence-electron chi connectivity index (χ0n) is 15.7. The molecule has 2 fully saturated rings. The molecule has 26 heavy (non-hydrogen) atoms. The fraction of sp³-hybridized carbons (Fsp3) is 0.619. The molecule has 0 spiro atoms. The smallest absolute Gasteiger partial charge is 0.222 e. The predicted octanol–water partition coefficient (Wildman–Crippen LogP) is 4.04. The number of benzene rings is 1. The highest BCUT2D eigenvalue weighted by molar-refractivity contribution is 5.94. The maximum atomic E-state index is 14.3. The van der Waals surface area contributed by atoms with Crippen molar-refractivity contribution in [2.24, 2.45) is 5.92 Å². The minimum atomic E-state index is -0.366. The van der Waals surface area contributed by atoms with Crippen molar-refractivity contribution in [2.45, 2.75) is 51.9 Å². The van der Waals surface area contributed by atoms with E-state index >= 15 is 0 Å². The molecule has 0 radical (unpaired) electrons. The Bertz CT molecular complexity index is 647. The van der Waals surface area contributed by atoms with E-state index in [-0.39, 0.29) is 17.5 Å². The maximum absolute atomic E-state index is 14.3. The van der Waals surface area contributed by atoms with E-state index < -0.39 is 0 Å². The number of anilines is 1. The highest BCUT2D eigenvalue weighted by Gasteiger charge is 2.24. The third-order valence-corrected chi connectivity index (χ3v) is 5.82. The van der Waals surface area contributed by atoms with Gasteiger partial charge in [-0.25, -0.2) is 4.39 Å². The molecule has 0 unspecified atom stereocenters. The monoisotopic (exact) mass is 360 g/mol. The van der Waals surface area contributed by atoms with Gasteiger partial charge >= 0.3 is 0 Å². The number of ketones is 1. The highest BCUT2D eigenvalue weighted by atomic mass is 19.1. The first kappa shape index (κ1) is 18.9. The fourth-order valence-electron chi connectivity index (χ4n) is 4.14. The number of piperazine rings is 1. The normalized spacial score (nSPS) is 18.8. The van der Waals surface area contributed by atoms with Crippen LogP contribution >= 0.6 is 0 Å². The van der Waals surface area contributed by atoms with E-state index in [1.807, 2.05) is 9.80 Å². The van der Waals surface area contributed by atoms with Crippen LogP contribution in [0.3, 0.4) is 0 Å². The summed E-state index contributed by atoms with van der Waals surface area (Å²) in [6.45, 7) is 3.97. The van der Waals surface area contributed by atoms with E-state index in [1.54, 1.807) is 12.1 Å². The Labute approximate surface area is 155 Å². The lowest BCUT2D eigenvalue weighted by Gasteiger charge is -2.36. The number of rotatable bonds is 5. The van der Waals surface area contributed by atoms with Gasteiger partial charge in [-0.3, -0.25) is 9.59 Å². The molecule has 1 aliphatic carbocycles. The van der Waals surface area contributed by atoms with Gasteiger partial charge < -0.3 is 9.80 Å². The zero-order valence-corrected chi connectivity index (χ0v) is 15.7. The van der Waals surface area contributed by atoms with Crippen LogP contribution in [0.25, 0.3) is 0 Å². The lowest BCUT2D eigenvalue weighted by atomic mass is 9.86. The molecule has 2 aliphatic rings. The van der Waals surface area contributed by atoms with Crippen molar-refractivity contribution in [1.82, 2.24) is 4.90 Å². The standard InChI is InChI=1S/C21H29FN2O2/c1-16(25)18-8-9-20(19(22)15-18)23-11-13-24(14-12-23)21(26)10-7-17-5-3-2-4-6-17/h8-9,15,17H,2-7,10-14H2,1H3. The van der Waals surface area contributed by atoms with E-state index in [4.69, 9.17) is 0 Å². The molecular formula is C21H29FN2O2. The van der Waals surface area contributed by atoms with E-state index in [9.17, 15) is 14.0 Å². The third kappa shape index (κ3) is 4.63. The summed E-state index contributed by atoms with van der Waals surface area (Å²) in [5.41, 5.74) is 0.909. The summed E-state index contributed by atoms with van der Waals surface area (Å²) in [6, 6.07) is 4.65. The Hall–Kier alpha value is -1.91. The minimum absolute atomic E-state index is 0.135. The van der Waals surface area contributed by atoms with Crippen molar-refractivity contribution in [3.8, 4) is 0 Å². The largest absolute Gasteiger partial charge is 0.366 e. The molecule has 1 saturated carbocycles. The quantitative estimate of drug-likeness (QED) is 0.744.